The van der Waals surface area contributed by atoms with Crippen molar-refractivity contribution >= 4 is 12.4 Å². The molecule has 3 heteroatoms. The molecule has 1 N–H and O–H groups in total. The SMILES string of the molecule is CN(C)CCC(C)(C)c1cccc(O)c1.Cl. The van der Waals surface area contributed by atoms with Gasteiger partial charge >= 0.3 is 0 Å². The molecule has 0 unspecified atom stereocenters. The molecule has 0 aliphatic carbocycles. The fraction of sp³-hybridized carbons (Fsp3) is 0.538. The summed E-state index contributed by atoms with van der Waals surface area (Å²) in [7, 11) is 4.16. The Hall–Kier alpha value is -0.730. The van der Waals surface area contributed by atoms with Crippen molar-refractivity contribution in [1.29, 1.82) is 0 Å². The maximum atomic E-state index is 9.44. The van der Waals surface area contributed by atoms with Gasteiger partial charge in [-0.15, -0.1) is 12.4 Å². The highest BCUT2D eigenvalue weighted by atomic mass is 35.5. The molecule has 0 spiro atoms. The largest absolute Gasteiger partial charge is 0.508 e. The maximum absolute atomic E-state index is 9.44. The van der Waals surface area contributed by atoms with Crippen LogP contribution in [0, 0.1) is 0 Å². The predicted molar refractivity (Wildman–Crippen MR) is 71.6 cm³/mol. The molecule has 0 fully saturated rings. The normalized spacial score (nSPS) is 11.3. The average Bonchev–Trinajstić information content (AvgIpc) is 2.15. The predicted octanol–water partition coefficient (Wildman–Crippen LogP) is 3.04. The van der Waals surface area contributed by atoms with E-state index in [1.807, 2.05) is 12.1 Å². The lowest BCUT2D eigenvalue weighted by molar-refractivity contribution is 0.342. The van der Waals surface area contributed by atoms with Crippen LogP contribution in [0.25, 0.3) is 0 Å². The lowest BCUT2D eigenvalue weighted by Gasteiger charge is -2.27. The van der Waals surface area contributed by atoms with E-state index in [0.717, 1.165) is 13.0 Å². The number of halogens is 1. The molecule has 0 radical (unpaired) electrons. The van der Waals surface area contributed by atoms with E-state index in [9.17, 15) is 5.11 Å². The van der Waals surface area contributed by atoms with Crippen molar-refractivity contribution < 1.29 is 5.11 Å². The van der Waals surface area contributed by atoms with Crippen LogP contribution in [-0.4, -0.2) is 30.6 Å². The van der Waals surface area contributed by atoms with E-state index in [1.165, 1.54) is 5.56 Å². The lowest BCUT2D eigenvalue weighted by atomic mass is 9.81. The van der Waals surface area contributed by atoms with Gasteiger partial charge < -0.3 is 10.0 Å². The van der Waals surface area contributed by atoms with E-state index in [-0.39, 0.29) is 17.8 Å². The molecule has 0 bridgehead atoms. The summed E-state index contributed by atoms with van der Waals surface area (Å²) in [6, 6.07) is 7.55. The molecule has 16 heavy (non-hydrogen) atoms. The lowest BCUT2D eigenvalue weighted by Crippen LogP contribution is -2.24. The Morgan fingerprint density at radius 1 is 1.25 bits per heavy atom. The minimum atomic E-state index is 0. The minimum absolute atomic E-state index is 0. The first-order chi connectivity index (χ1) is 6.92. The van der Waals surface area contributed by atoms with Crippen molar-refractivity contribution in [3.05, 3.63) is 29.8 Å². The van der Waals surface area contributed by atoms with Gasteiger partial charge in [0.15, 0.2) is 0 Å². The van der Waals surface area contributed by atoms with E-state index in [1.54, 1.807) is 6.07 Å². The topological polar surface area (TPSA) is 23.5 Å². The fourth-order valence-electron chi connectivity index (χ4n) is 1.57. The summed E-state index contributed by atoms with van der Waals surface area (Å²) in [5.74, 6) is 0.352. The van der Waals surface area contributed by atoms with Gasteiger partial charge in [0.25, 0.3) is 0 Å². The molecule has 0 atom stereocenters. The number of hydrogen-bond donors (Lipinski definition) is 1. The van der Waals surface area contributed by atoms with Gasteiger partial charge in [-0.3, -0.25) is 0 Å². The molecule has 2 nitrogen and oxygen atoms in total. The van der Waals surface area contributed by atoms with Crippen LogP contribution in [0.1, 0.15) is 25.8 Å². The first kappa shape index (κ1) is 15.3. The molecular weight excluding hydrogens is 222 g/mol. The summed E-state index contributed by atoms with van der Waals surface area (Å²) in [6.07, 6.45) is 1.09. The zero-order valence-corrected chi connectivity index (χ0v) is 11.3. The third-order valence-corrected chi connectivity index (χ3v) is 2.81. The van der Waals surface area contributed by atoms with Gasteiger partial charge in [-0.05, 0) is 50.2 Å². The molecule has 0 saturated carbocycles. The quantitative estimate of drug-likeness (QED) is 0.879. The van der Waals surface area contributed by atoms with Crippen molar-refractivity contribution in [3.63, 3.8) is 0 Å². The van der Waals surface area contributed by atoms with Gasteiger partial charge in [0, 0.05) is 0 Å². The Labute approximate surface area is 105 Å². The molecule has 1 aromatic carbocycles. The number of phenols is 1. The number of benzene rings is 1. The second-order valence-electron chi connectivity index (χ2n) is 4.99. The van der Waals surface area contributed by atoms with Crippen LogP contribution >= 0.6 is 12.4 Å². The molecule has 1 aromatic rings. The van der Waals surface area contributed by atoms with E-state index in [2.05, 4.69) is 38.9 Å². The van der Waals surface area contributed by atoms with Crippen LogP contribution in [0.3, 0.4) is 0 Å². The Morgan fingerprint density at radius 3 is 2.38 bits per heavy atom. The van der Waals surface area contributed by atoms with Crippen LogP contribution in [0.15, 0.2) is 24.3 Å². The Bertz CT molecular complexity index is 323. The summed E-state index contributed by atoms with van der Waals surface area (Å²) >= 11 is 0. The highest BCUT2D eigenvalue weighted by Crippen LogP contribution is 2.29. The summed E-state index contributed by atoms with van der Waals surface area (Å²) in [4.78, 5) is 2.19. The van der Waals surface area contributed by atoms with Gasteiger partial charge in [0.1, 0.15) is 5.75 Å². The smallest absolute Gasteiger partial charge is 0.115 e. The number of rotatable bonds is 4. The first-order valence-corrected chi connectivity index (χ1v) is 5.36. The van der Waals surface area contributed by atoms with Gasteiger partial charge in [0.05, 0.1) is 0 Å². The maximum Gasteiger partial charge on any atom is 0.115 e. The second kappa shape index (κ2) is 6.12. The molecule has 1 rings (SSSR count). The molecule has 0 saturated heterocycles. The first-order valence-electron chi connectivity index (χ1n) is 5.36. The summed E-state index contributed by atoms with van der Waals surface area (Å²) in [6.45, 7) is 5.49. The third-order valence-electron chi connectivity index (χ3n) is 2.81. The van der Waals surface area contributed by atoms with Crippen LogP contribution < -0.4 is 0 Å². The van der Waals surface area contributed by atoms with Crippen molar-refractivity contribution in [2.75, 3.05) is 20.6 Å². The molecule has 92 valence electrons. The average molecular weight is 244 g/mol. The van der Waals surface area contributed by atoms with Crippen LogP contribution in [0.2, 0.25) is 0 Å². The van der Waals surface area contributed by atoms with Crippen molar-refractivity contribution in [1.82, 2.24) is 4.90 Å². The molecular formula is C13H22ClNO. The van der Waals surface area contributed by atoms with E-state index >= 15 is 0 Å². The zero-order chi connectivity index (χ0) is 11.5. The number of aromatic hydroxyl groups is 1. The minimum Gasteiger partial charge on any atom is -0.508 e. The molecule has 0 aromatic heterocycles. The Morgan fingerprint density at radius 2 is 1.88 bits per heavy atom. The number of nitrogens with zero attached hydrogens (tertiary/aromatic N) is 1. The van der Waals surface area contributed by atoms with Crippen LogP contribution in [0.5, 0.6) is 5.75 Å². The van der Waals surface area contributed by atoms with Crippen LogP contribution in [-0.2, 0) is 5.41 Å². The zero-order valence-electron chi connectivity index (χ0n) is 10.5. The molecule has 0 aliphatic heterocycles. The van der Waals surface area contributed by atoms with E-state index < -0.39 is 0 Å². The number of hydrogen-bond acceptors (Lipinski definition) is 2. The molecule has 0 heterocycles. The summed E-state index contributed by atoms with van der Waals surface area (Å²) in [5, 5.41) is 9.44. The third kappa shape index (κ3) is 4.42. The molecule has 0 amide bonds. The van der Waals surface area contributed by atoms with Crippen molar-refractivity contribution in [2.45, 2.75) is 25.7 Å². The highest BCUT2D eigenvalue weighted by molar-refractivity contribution is 5.85. The second-order valence-corrected chi connectivity index (χ2v) is 4.99. The standard InChI is InChI=1S/C13H21NO.ClH/c1-13(2,8-9-14(3)4)11-6-5-7-12(15)10-11;/h5-7,10,15H,8-9H2,1-4H3;1H. The van der Waals surface area contributed by atoms with Gasteiger partial charge in [-0.2, -0.15) is 0 Å². The number of phenolic OH excluding ortho intramolecular Hbond substituents is 1. The van der Waals surface area contributed by atoms with Crippen LogP contribution in [0.4, 0.5) is 0 Å². The van der Waals surface area contributed by atoms with E-state index in [4.69, 9.17) is 0 Å². The van der Waals surface area contributed by atoms with Gasteiger partial charge in [-0.25, -0.2) is 0 Å². The fourth-order valence-corrected chi connectivity index (χ4v) is 1.57. The van der Waals surface area contributed by atoms with E-state index in [0.29, 0.717) is 5.75 Å². The highest BCUT2D eigenvalue weighted by Gasteiger charge is 2.20. The van der Waals surface area contributed by atoms with Crippen molar-refractivity contribution in [3.8, 4) is 5.75 Å². The van der Waals surface area contributed by atoms with Gasteiger partial charge in [-0.1, -0.05) is 26.0 Å². The Balaban J connectivity index is 0.00000225. The van der Waals surface area contributed by atoms with Crippen molar-refractivity contribution in [2.24, 2.45) is 0 Å². The molecule has 0 aliphatic rings. The Kier molecular flexibility index (Phi) is 5.84. The summed E-state index contributed by atoms with van der Waals surface area (Å²) < 4.78 is 0. The summed E-state index contributed by atoms with van der Waals surface area (Å²) in [5.41, 5.74) is 1.31. The monoisotopic (exact) mass is 243 g/mol. The van der Waals surface area contributed by atoms with Gasteiger partial charge in [0.2, 0.25) is 0 Å².